The smallest absolute Gasteiger partial charge is 0.252 e. The first-order valence-electron chi connectivity index (χ1n) is 6.00. The monoisotopic (exact) mass is 337 g/mol. The van der Waals surface area contributed by atoms with Crippen LogP contribution in [0.1, 0.15) is 16.1 Å². The summed E-state index contributed by atoms with van der Waals surface area (Å²) >= 11 is 3.15. The third-order valence-electron chi connectivity index (χ3n) is 2.72. The highest BCUT2D eigenvalue weighted by Crippen LogP contribution is 2.22. The number of carbonyl (C=O) groups excluding carboxylic acids is 1. The first kappa shape index (κ1) is 14.5. The lowest BCUT2D eigenvalue weighted by molar-refractivity contribution is 0.0953. The molecule has 1 aromatic carbocycles. The first-order chi connectivity index (χ1) is 9.58. The Morgan fingerprint density at radius 1 is 1.40 bits per heavy atom. The van der Waals surface area contributed by atoms with E-state index in [1.165, 1.54) is 12.1 Å². The topological polar surface area (TPSA) is 68.0 Å². The number of amides is 1. The van der Waals surface area contributed by atoms with Gasteiger partial charge >= 0.3 is 0 Å². The molecule has 1 heterocycles. The number of anilines is 1. The number of carbonyl (C=O) groups is 1. The predicted octanol–water partition coefficient (Wildman–Crippen LogP) is 2.54. The average molecular weight is 338 g/mol. The number of nitrogens with two attached hydrogens (primary N) is 1. The highest BCUT2D eigenvalue weighted by Gasteiger charge is 2.12. The number of nitrogens with zero attached hydrogens (tertiary/aromatic N) is 1. The van der Waals surface area contributed by atoms with Crippen molar-refractivity contribution in [2.24, 2.45) is 0 Å². The molecule has 0 saturated heterocycles. The Morgan fingerprint density at radius 2 is 2.20 bits per heavy atom. The van der Waals surface area contributed by atoms with Crippen molar-refractivity contribution in [2.75, 3.05) is 12.3 Å². The van der Waals surface area contributed by atoms with E-state index in [0.29, 0.717) is 23.0 Å². The zero-order valence-electron chi connectivity index (χ0n) is 10.6. The second kappa shape index (κ2) is 6.47. The zero-order valence-corrected chi connectivity index (χ0v) is 12.2. The number of nitrogen functional groups attached to an aromatic ring is 1. The molecule has 2 aromatic rings. The SMILES string of the molecule is Nc1cc(C(=O)NCCc2ccccn2)c(Br)cc1F. The van der Waals surface area contributed by atoms with E-state index in [4.69, 9.17) is 5.73 Å². The lowest BCUT2D eigenvalue weighted by atomic mass is 10.2. The normalized spacial score (nSPS) is 10.3. The van der Waals surface area contributed by atoms with Crippen LogP contribution in [0.15, 0.2) is 41.0 Å². The van der Waals surface area contributed by atoms with Crippen LogP contribution < -0.4 is 11.1 Å². The van der Waals surface area contributed by atoms with E-state index in [-0.39, 0.29) is 11.6 Å². The number of nitrogens with one attached hydrogen (secondary N) is 1. The van der Waals surface area contributed by atoms with Crippen molar-refractivity contribution in [3.05, 3.63) is 58.1 Å². The Balaban J connectivity index is 1.97. The molecule has 4 nitrogen and oxygen atoms in total. The largest absolute Gasteiger partial charge is 0.396 e. The summed E-state index contributed by atoms with van der Waals surface area (Å²) in [6, 6.07) is 8.11. The Bertz CT molecular complexity index is 619. The molecule has 0 atom stereocenters. The summed E-state index contributed by atoms with van der Waals surface area (Å²) in [7, 11) is 0. The molecular weight excluding hydrogens is 325 g/mol. The molecule has 0 fully saturated rings. The van der Waals surface area contributed by atoms with Gasteiger partial charge in [0.05, 0.1) is 11.3 Å². The summed E-state index contributed by atoms with van der Waals surface area (Å²) in [6.07, 6.45) is 2.33. The maximum Gasteiger partial charge on any atom is 0.252 e. The molecule has 0 aliphatic rings. The predicted molar refractivity (Wildman–Crippen MR) is 78.8 cm³/mol. The molecular formula is C14H13BrFN3O. The van der Waals surface area contributed by atoms with Crippen molar-refractivity contribution >= 4 is 27.5 Å². The number of hydrogen-bond acceptors (Lipinski definition) is 3. The molecule has 0 aliphatic carbocycles. The first-order valence-corrected chi connectivity index (χ1v) is 6.80. The van der Waals surface area contributed by atoms with Gasteiger partial charge in [-0.3, -0.25) is 9.78 Å². The maximum atomic E-state index is 13.2. The van der Waals surface area contributed by atoms with Gasteiger partial charge in [-0.05, 0) is 40.2 Å². The van der Waals surface area contributed by atoms with Crippen LogP contribution in [-0.2, 0) is 6.42 Å². The fourth-order valence-electron chi connectivity index (χ4n) is 1.69. The molecule has 3 N–H and O–H groups in total. The second-order valence-corrected chi connectivity index (χ2v) is 5.03. The number of hydrogen-bond donors (Lipinski definition) is 2. The molecule has 104 valence electrons. The summed E-state index contributed by atoms with van der Waals surface area (Å²) < 4.78 is 13.6. The van der Waals surface area contributed by atoms with Crippen LogP contribution in [0.5, 0.6) is 0 Å². The van der Waals surface area contributed by atoms with Crippen molar-refractivity contribution in [2.45, 2.75) is 6.42 Å². The fraction of sp³-hybridized carbons (Fsp3) is 0.143. The van der Waals surface area contributed by atoms with Crippen molar-refractivity contribution < 1.29 is 9.18 Å². The van der Waals surface area contributed by atoms with E-state index in [1.807, 2.05) is 18.2 Å². The van der Waals surface area contributed by atoms with Gasteiger partial charge in [0.25, 0.3) is 5.91 Å². The van der Waals surface area contributed by atoms with E-state index < -0.39 is 5.82 Å². The van der Waals surface area contributed by atoms with Crippen molar-refractivity contribution in [3.63, 3.8) is 0 Å². The molecule has 0 unspecified atom stereocenters. The molecule has 0 aliphatic heterocycles. The molecule has 1 aromatic heterocycles. The fourth-order valence-corrected chi connectivity index (χ4v) is 2.18. The summed E-state index contributed by atoms with van der Waals surface area (Å²) in [5, 5.41) is 2.75. The number of halogens is 2. The van der Waals surface area contributed by atoms with E-state index in [9.17, 15) is 9.18 Å². The van der Waals surface area contributed by atoms with Crippen LogP contribution in [0.3, 0.4) is 0 Å². The molecule has 20 heavy (non-hydrogen) atoms. The van der Waals surface area contributed by atoms with Crippen LogP contribution in [0.2, 0.25) is 0 Å². The van der Waals surface area contributed by atoms with Gasteiger partial charge in [0.2, 0.25) is 0 Å². The number of pyridine rings is 1. The van der Waals surface area contributed by atoms with Crippen molar-refractivity contribution in [3.8, 4) is 0 Å². The Kier molecular flexibility index (Phi) is 4.68. The zero-order chi connectivity index (χ0) is 14.5. The number of benzene rings is 1. The van der Waals surface area contributed by atoms with Crippen LogP contribution in [-0.4, -0.2) is 17.4 Å². The van der Waals surface area contributed by atoms with Gasteiger partial charge in [-0.1, -0.05) is 6.07 Å². The Labute approximate surface area is 124 Å². The maximum absolute atomic E-state index is 13.2. The molecule has 6 heteroatoms. The van der Waals surface area contributed by atoms with Gasteiger partial charge in [-0.15, -0.1) is 0 Å². The van der Waals surface area contributed by atoms with Crippen molar-refractivity contribution in [1.82, 2.24) is 10.3 Å². The molecule has 1 amide bonds. The number of aromatic nitrogens is 1. The quantitative estimate of drug-likeness (QED) is 0.842. The minimum absolute atomic E-state index is 0.0527. The third-order valence-corrected chi connectivity index (χ3v) is 3.38. The molecule has 0 bridgehead atoms. The highest BCUT2D eigenvalue weighted by atomic mass is 79.9. The number of rotatable bonds is 4. The lowest BCUT2D eigenvalue weighted by Crippen LogP contribution is -2.26. The Hall–Kier alpha value is -1.95. The summed E-state index contributed by atoms with van der Waals surface area (Å²) in [5.74, 6) is -0.860. The molecule has 0 radical (unpaired) electrons. The van der Waals surface area contributed by atoms with Crippen LogP contribution >= 0.6 is 15.9 Å². The van der Waals surface area contributed by atoms with Gasteiger partial charge in [0, 0.05) is 29.3 Å². The van der Waals surface area contributed by atoms with Gasteiger partial charge < -0.3 is 11.1 Å². The van der Waals surface area contributed by atoms with E-state index >= 15 is 0 Å². The van der Waals surface area contributed by atoms with Gasteiger partial charge in [-0.25, -0.2) is 4.39 Å². The standard InChI is InChI=1S/C14H13BrFN3O/c15-11-8-12(16)13(17)7-10(11)14(20)19-6-4-9-3-1-2-5-18-9/h1-3,5,7-8H,4,6,17H2,(H,19,20). The third kappa shape index (κ3) is 3.54. The van der Waals surface area contributed by atoms with E-state index in [1.54, 1.807) is 6.20 Å². The van der Waals surface area contributed by atoms with E-state index in [2.05, 4.69) is 26.2 Å². The second-order valence-electron chi connectivity index (χ2n) is 4.18. The summed E-state index contributed by atoms with van der Waals surface area (Å²) in [6.45, 7) is 0.444. The van der Waals surface area contributed by atoms with E-state index in [0.717, 1.165) is 5.69 Å². The van der Waals surface area contributed by atoms with Gasteiger partial charge in [0.1, 0.15) is 5.82 Å². The molecule has 2 rings (SSSR count). The van der Waals surface area contributed by atoms with Crippen LogP contribution in [0, 0.1) is 5.82 Å². The molecule has 0 saturated carbocycles. The minimum atomic E-state index is -0.554. The lowest BCUT2D eigenvalue weighted by Gasteiger charge is -2.08. The molecule has 0 spiro atoms. The minimum Gasteiger partial charge on any atom is -0.396 e. The summed E-state index contributed by atoms with van der Waals surface area (Å²) in [4.78, 5) is 16.1. The van der Waals surface area contributed by atoms with Crippen LogP contribution in [0.25, 0.3) is 0 Å². The van der Waals surface area contributed by atoms with Crippen LogP contribution in [0.4, 0.5) is 10.1 Å². The Morgan fingerprint density at radius 3 is 2.90 bits per heavy atom. The summed E-state index contributed by atoms with van der Waals surface area (Å²) in [5.41, 5.74) is 6.61. The highest BCUT2D eigenvalue weighted by molar-refractivity contribution is 9.10. The van der Waals surface area contributed by atoms with Gasteiger partial charge in [0.15, 0.2) is 0 Å². The average Bonchev–Trinajstić information content (AvgIpc) is 2.44. The van der Waals surface area contributed by atoms with Crippen molar-refractivity contribution in [1.29, 1.82) is 0 Å². The van der Waals surface area contributed by atoms with Gasteiger partial charge in [-0.2, -0.15) is 0 Å².